The Kier molecular flexibility index (Phi) is 5.21. The van der Waals surface area contributed by atoms with Gasteiger partial charge in [0.2, 0.25) is 5.82 Å². The average Bonchev–Trinajstić information content (AvgIpc) is 3.20. The molecule has 0 unspecified atom stereocenters. The molecule has 1 N–H and O–H groups in total. The zero-order chi connectivity index (χ0) is 21.1. The molecule has 150 valence electrons. The fraction of sp³-hybridized carbons (Fsp3) is 0.0455. The first-order valence-corrected chi connectivity index (χ1v) is 8.98. The summed E-state index contributed by atoms with van der Waals surface area (Å²) in [5, 5.41) is 6.89. The van der Waals surface area contributed by atoms with Gasteiger partial charge >= 0.3 is 0 Å². The monoisotopic (exact) mass is 406 g/mol. The van der Waals surface area contributed by atoms with E-state index in [1.54, 1.807) is 49.6 Å². The zero-order valence-electron chi connectivity index (χ0n) is 15.8. The molecule has 0 atom stereocenters. The van der Waals surface area contributed by atoms with Crippen molar-refractivity contribution in [2.75, 3.05) is 12.4 Å². The molecule has 0 radical (unpaired) electrons. The summed E-state index contributed by atoms with van der Waals surface area (Å²) in [5.41, 5.74) is 1.49. The normalized spacial score (nSPS) is 10.6. The maximum atomic E-state index is 13.4. The van der Waals surface area contributed by atoms with E-state index in [0.717, 1.165) is 0 Å². The van der Waals surface area contributed by atoms with Crippen molar-refractivity contribution in [2.24, 2.45) is 0 Å². The lowest BCUT2D eigenvalue weighted by Gasteiger charge is -2.07. The van der Waals surface area contributed by atoms with Crippen LogP contribution in [-0.4, -0.2) is 27.8 Å². The number of ether oxygens (including phenoxy) is 1. The van der Waals surface area contributed by atoms with Crippen molar-refractivity contribution in [2.45, 2.75) is 0 Å². The average molecular weight is 406 g/mol. The number of carbonyl (C=O) groups is 1. The Bertz CT molecular complexity index is 1190. The lowest BCUT2D eigenvalue weighted by Crippen LogP contribution is -2.14. The van der Waals surface area contributed by atoms with Crippen LogP contribution >= 0.6 is 0 Å². The Morgan fingerprint density at radius 3 is 2.37 bits per heavy atom. The molecule has 0 bridgehead atoms. The Balaban J connectivity index is 1.74. The quantitative estimate of drug-likeness (QED) is 0.531. The second-order valence-corrected chi connectivity index (χ2v) is 6.34. The predicted octanol–water partition coefficient (Wildman–Crippen LogP) is 4.47. The van der Waals surface area contributed by atoms with Gasteiger partial charge in [-0.1, -0.05) is 6.07 Å². The van der Waals surface area contributed by atoms with Crippen LogP contribution < -0.4 is 10.1 Å². The number of hydrogen-bond donors (Lipinski definition) is 1. The highest BCUT2D eigenvalue weighted by molar-refractivity contribution is 6.01. The van der Waals surface area contributed by atoms with E-state index in [4.69, 9.17) is 4.74 Å². The summed E-state index contributed by atoms with van der Waals surface area (Å²) < 4.78 is 33.4. The molecule has 8 heteroatoms. The maximum absolute atomic E-state index is 13.4. The maximum Gasteiger partial charge on any atom is 0.295 e. The standard InChI is InChI=1S/C22H16F2N4O2/c1-30-19-11-9-18(10-12-19)28-21(14-5-7-15(23)8-6-14)26-20(27-28)22(29)25-17-4-2-3-16(24)13-17/h2-13H,1H3,(H,25,29). The van der Waals surface area contributed by atoms with Crippen molar-refractivity contribution in [3.63, 3.8) is 0 Å². The molecular weight excluding hydrogens is 390 g/mol. The number of rotatable bonds is 5. The third-order valence-electron chi connectivity index (χ3n) is 4.31. The first-order valence-electron chi connectivity index (χ1n) is 8.98. The van der Waals surface area contributed by atoms with E-state index in [-0.39, 0.29) is 11.5 Å². The number of amides is 1. The Morgan fingerprint density at radius 2 is 1.70 bits per heavy atom. The minimum absolute atomic E-state index is 0.116. The molecule has 0 aliphatic carbocycles. The number of nitrogens with zero attached hydrogens (tertiary/aromatic N) is 3. The summed E-state index contributed by atoms with van der Waals surface area (Å²) in [6, 6.07) is 18.2. The van der Waals surface area contributed by atoms with Crippen LogP contribution in [0.1, 0.15) is 10.6 Å². The predicted molar refractivity (Wildman–Crippen MR) is 108 cm³/mol. The number of methoxy groups -OCH3 is 1. The van der Waals surface area contributed by atoms with Gasteiger partial charge in [0.05, 0.1) is 12.8 Å². The summed E-state index contributed by atoms with van der Waals surface area (Å²) in [7, 11) is 1.56. The molecule has 1 amide bonds. The second kappa shape index (κ2) is 8.12. The Morgan fingerprint density at radius 1 is 0.967 bits per heavy atom. The third-order valence-corrected chi connectivity index (χ3v) is 4.31. The number of anilines is 1. The van der Waals surface area contributed by atoms with E-state index in [1.807, 2.05) is 0 Å². The summed E-state index contributed by atoms with van der Waals surface area (Å²) >= 11 is 0. The summed E-state index contributed by atoms with van der Waals surface area (Å²) in [6.07, 6.45) is 0. The topological polar surface area (TPSA) is 69.0 Å². The van der Waals surface area contributed by atoms with E-state index in [2.05, 4.69) is 15.4 Å². The molecule has 0 saturated heterocycles. The number of benzene rings is 3. The minimum Gasteiger partial charge on any atom is -0.497 e. The minimum atomic E-state index is -0.601. The largest absolute Gasteiger partial charge is 0.497 e. The molecule has 1 aromatic heterocycles. The van der Waals surface area contributed by atoms with Crippen LogP contribution in [0, 0.1) is 11.6 Å². The molecule has 0 aliphatic heterocycles. The van der Waals surface area contributed by atoms with E-state index in [1.165, 1.54) is 35.0 Å². The van der Waals surface area contributed by atoms with Crippen LogP contribution in [0.15, 0.2) is 72.8 Å². The molecule has 4 rings (SSSR count). The highest BCUT2D eigenvalue weighted by atomic mass is 19.1. The molecule has 4 aromatic rings. The summed E-state index contributed by atoms with van der Waals surface area (Å²) in [6.45, 7) is 0. The number of halogens is 2. The number of carbonyl (C=O) groups excluding carboxylic acids is 1. The van der Waals surface area contributed by atoms with Crippen LogP contribution in [0.4, 0.5) is 14.5 Å². The van der Waals surface area contributed by atoms with Gasteiger partial charge in [0.15, 0.2) is 5.82 Å². The van der Waals surface area contributed by atoms with E-state index >= 15 is 0 Å². The molecule has 30 heavy (non-hydrogen) atoms. The summed E-state index contributed by atoms with van der Waals surface area (Å²) in [4.78, 5) is 17.0. The first kappa shape index (κ1) is 19.3. The van der Waals surface area contributed by atoms with Crippen molar-refractivity contribution < 1.29 is 18.3 Å². The number of aromatic nitrogens is 3. The highest BCUT2D eigenvalue weighted by Gasteiger charge is 2.19. The SMILES string of the molecule is COc1ccc(-n2nc(C(=O)Nc3cccc(F)c3)nc2-c2ccc(F)cc2)cc1. The molecule has 3 aromatic carbocycles. The van der Waals surface area contributed by atoms with Crippen LogP contribution in [0.3, 0.4) is 0 Å². The van der Waals surface area contributed by atoms with Gasteiger partial charge in [-0.3, -0.25) is 4.79 Å². The van der Waals surface area contributed by atoms with Gasteiger partial charge in [0, 0.05) is 11.3 Å². The van der Waals surface area contributed by atoms with Crippen LogP contribution in [0.2, 0.25) is 0 Å². The van der Waals surface area contributed by atoms with Gasteiger partial charge in [-0.2, -0.15) is 0 Å². The Hall–Kier alpha value is -4.07. The smallest absolute Gasteiger partial charge is 0.295 e. The van der Waals surface area contributed by atoms with Crippen molar-refractivity contribution in [1.82, 2.24) is 14.8 Å². The molecule has 0 fully saturated rings. The molecular formula is C22H16F2N4O2. The molecule has 6 nitrogen and oxygen atoms in total. The number of nitrogens with one attached hydrogen (secondary N) is 1. The highest BCUT2D eigenvalue weighted by Crippen LogP contribution is 2.23. The first-order chi connectivity index (χ1) is 14.5. The fourth-order valence-electron chi connectivity index (χ4n) is 2.85. The fourth-order valence-corrected chi connectivity index (χ4v) is 2.85. The molecule has 0 saturated carbocycles. The van der Waals surface area contributed by atoms with Crippen LogP contribution in [-0.2, 0) is 0 Å². The second-order valence-electron chi connectivity index (χ2n) is 6.34. The van der Waals surface area contributed by atoms with E-state index < -0.39 is 17.5 Å². The lowest BCUT2D eigenvalue weighted by atomic mass is 10.2. The van der Waals surface area contributed by atoms with Crippen molar-refractivity contribution in [3.8, 4) is 22.8 Å². The van der Waals surface area contributed by atoms with Crippen molar-refractivity contribution in [3.05, 3.63) is 90.3 Å². The van der Waals surface area contributed by atoms with E-state index in [9.17, 15) is 13.6 Å². The van der Waals surface area contributed by atoms with Gasteiger partial charge < -0.3 is 10.1 Å². The molecule has 1 heterocycles. The number of hydrogen-bond acceptors (Lipinski definition) is 4. The van der Waals surface area contributed by atoms with Gasteiger partial charge in [0.1, 0.15) is 17.4 Å². The lowest BCUT2D eigenvalue weighted by molar-refractivity contribution is 0.101. The van der Waals surface area contributed by atoms with E-state index in [0.29, 0.717) is 22.8 Å². The third kappa shape index (κ3) is 4.02. The van der Waals surface area contributed by atoms with Gasteiger partial charge in [-0.05, 0) is 66.7 Å². The van der Waals surface area contributed by atoms with Crippen LogP contribution in [0.5, 0.6) is 5.75 Å². The van der Waals surface area contributed by atoms with Gasteiger partial charge in [-0.25, -0.2) is 18.4 Å². The zero-order valence-corrected chi connectivity index (χ0v) is 15.8. The Labute approximate surface area is 170 Å². The van der Waals surface area contributed by atoms with Gasteiger partial charge in [-0.15, -0.1) is 5.10 Å². The summed E-state index contributed by atoms with van der Waals surface area (Å²) in [5.74, 6) is -0.573. The van der Waals surface area contributed by atoms with Gasteiger partial charge in [0.25, 0.3) is 5.91 Å². The molecule has 0 spiro atoms. The van der Waals surface area contributed by atoms with Crippen LogP contribution in [0.25, 0.3) is 17.1 Å². The molecule has 0 aliphatic rings. The van der Waals surface area contributed by atoms with Crippen molar-refractivity contribution in [1.29, 1.82) is 0 Å². The van der Waals surface area contributed by atoms with Crippen molar-refractivity contribution >= 4 is 11.6 Å².